The Labute approximate surface area is 143 Å². The lowest BCUT2D eigenvalue weighted by Gasteiger charge is -2.13. The lowest BCUT2D eigenvalue weighted by atomic mass is 10.2. The first-order valence-corrected chi connectivity index (χ1v) is 7.32. The molecule has 0 atom stereocenters. The van der Waals surface area contributed by atoms with E-state index in [4.69, 9.17) is 20.4 Å². The maximum absolute atomic E-state index is 11.7. The van der Waals surface area contributed by atoms with E-state index in [2.05, 4.69) is 0 Å². The monoisotopic (exact) mass is 342 g/mol. The third-order valence-electron chi connectivity index (χ3n) is 3.36. The molecule has 0 bridgehead atoms. The van der Waals surface area contributed by atoms with Crippen molar-refractivity contribution in [2.75, 3.05) is 7.11 Å². The number of nitrogens with two attached hydrogens (primary N) is 1. The zero-order valence-corrected chi connectivity index (χ0v) is 13.8. The largest absolute Gasteiger partial charge is 0.508 e. The number of amides is 1. The molecule has 1 heterocycles. The van der Waals surface area contributed by atoms with Crippen LogP contribution >= 0.6 is 0 Å². The van der Waals surface area contributed by atoms with Gasteiger partial charge in [0, 0.05) is 12.3 Å². The highest BCUT2D eigenvalue weighted by atomic mass is 16.5. The number of aromatic hydroxyl groups is 1. The Bertz CT molecular complexity index is 926. The molecule has 0 unspecified atom stereocenters. The summed E-state index contributed by atoms with van der Waals surface area (Å²) in [4.78, 5) is 20.7. The third kappa shape index (κ3) is 3.89. The van der Waals surface area contributed by atoms with Gasteiger partial charge >= 0.3 is 0 Å². The summed E-state index contributed by atoms with van der Waals surface area (Å²) in [5.74, 6) is -0.613. The van der Waals surface area contributed by atoms with Crippen molar-refractivity contribution in [1.29, 1.82) is 0 Å². The van der Waals surface area contributed by atoms with E-state index in [9.17, 15) is 9.90 Å². The van der Waals surface area contributed by atoms with Crippen molar-refractivity contribution in [3.8, 4) is 17.2 Å². The Morgan fingerprint density at radius 1 is 1.12 bits per heavy atom. The molecule has 1 aromatic heterocycles. The molecule has 0 fully saturated rings. The summed E-state index contributed by atoms with van der Waals surface area (Å²) in [7, 11) is 1.57. The first kappa shape index (κ1) is 17.9. The molecule has 0 spiro atoms. The molecule has 3 aromatic rings. The number of fused-ring (bicyclic) bond motifs is 1. The number of phenolic OH excluding ortho intramolecular Hbond substituents is 1. The van der Waals surface area contributed by atoms with Gasteiger partial charge in [-0.1, -0.05) is 12.1 Å². The van der Waals surface area contributed by atoms with Gasteiger partial charge < -0.3 is 25.3 Å². The number of carbonyl (C=O) groups excluding carboxylic acids is 1. The lowest BCUT2D eigenvalue weighted by molar-refractivity contribution is -0.134. The van der Waals surface area contributed by atoms with Gasteiger partial charge in [-0.25, -0.2) is 0 Å². The molecular formula is C18H18N2O5. The molecule has 1 amide bonds. The van der Waals surface area contributed by atoms with E-state index >= 15 is 0 Å². The average Bonchev–Trinajstić information content (AvgIpc) is 2.92. The Balaban J connectivity index is 0.000000511. The molecule has 0 aliphatic rings. The van der Waals surface area contributed by atoms with Crippen LogP contribution in [0.5, 0.6) is 11.5 Å². The van der Waals surface area contributed by atoms with E-state index in [0.29, 0.717) is 11.4 Å². The third-order valence-corrected chi connectivity index (χ3v) is 3.36. The van der Waals surface area contributed by atoms with Gasteiger partial charge in [0.25, 0.3) is 11.9 Å². The molecule has 130 valence electrons. The number of nitrogens with zero attached hydrogens (tertiary/aromatic N) is 1. The van der Waals surface area contributed by atoms with Gasteiger partial charge in [-0.3, -0.25) is 9.59 Å². The number of para-hydroxylation sites is 2. The molecule has 7 heteroatoms. The molecule has 0 aliphatic carbocycles. The van der Waals surface area contributed by atoms with E-state index in [1.54, 1.807) is 35.9 Å². The Hall–Kier alpha value is -3.48. The minimum atomic E-state index is -0.833. The standard InChI is InChI=1S/C16H14N2O3.C2H4O2/c1-21-15-5-3-2-4-13(15)18-12-7-6-11(19)8-10(12)9-14(18)16(17)20;1-2(3)4/h2-9,19H,1H3,(H2,17,20);1H3,(H,3,4). The smallest absolute Gasteiger partial charge is 0.300 e. The summed E-state index contributed by atoms with van der Waals surface area (Å²) in [6.45, 7) is 1.08. The number of carboxylic acids is 1. The quantitative estimate of drug-likeness (QED) is 0.676. The number of methoxy groups -OCH3 is 1. The van der Waals surface area contributed by atoms with Crippen molar-refractivity contribution < 1.29 is 24.5 Å². The summed E-state index contributed by atoms with van der Waals surface area (Å²) < 4.78 is 7.09. The van der Waals surface area contributed by atoms with Crippen molar-refractivity contribution in [1.82, 2.24) is 4.57 Å². The van der Waals surface area contributed by atoms with E-state index in [0.717, 1.165) is 23.5 Å². The second kappa shape index (κ2) is 7.39. The van der Waals surface area contributed by atoms with Crippen LogP contribution in [0.2, 0.25) is 0 Å². The van der Waals surface area contributed by atoms with Gasteiger partial charge in [0.2, 0.25) is 0 Å². The highest BCUT2D eigenvalue weighted by molar-refractivity contribution is 5.99. The molecule has 0 radical (unpaired) electrons. The lowest BCUT2D eigenvalue weighted by Crippen LogP contribution is -2.16. The van der Waals surface area contributed by atoms with Crippen LogP contribution in [0.15, 0.2) is 48.5 Å². The molecule has 0 saturated heterocycles. The van der Waals surface area contributed by atoms with Gasteiger partial charge in [-0.05, 0) is 36.4 Å². The number of carbonyl (C=O) groups is 2. The Morgan fingerprint density at radius 2 is 1.76 bits per heavy atom. The van der Waals surface area contributed by atoms with Gasteiger partial charge in [-0.15, -0.1) is 0 Å². The zero-order chi connectivity index (χ0) is 18.6. The molecule has 4 N–H and O–H groups in total. The van der Waals surface area contributed by atoms with E-state index in [-0.39, 0.29) is 5.75 Å². The second-order valence-electron chi connectivity index (χ2n) is 5.16. The highest BCUT2D eigenvalue weighted by Crippen LogP contribution is 2.31. The van der Waals surface area contributed by atoms with E-state index in [1.165, 1.54) is 0 Å². The van der Waals surface area contributed by atoms with Crippen molar-refractivity contribution in [2.45, 2.75) is 6.92 Å². The number of ether oxygens (including phenoxy) is 1. The van der Waals surface area contributed by atoms with Crippen LogP contribution in [0.4, 0.5) is 0 Å². The van der Waals surface area contributed by atoms with Crippen molar-refractivity contribution in [2.24, 2.45) is 5.73 Å². The number of benzene rings is 2. The van der Waals surface area contributed by atoms with Crippen LogP contribution in [0.25, 0.3) is 16.6 Å². The van der Waals surface area contributed by atoms with Crippen LogP contribution in [0.3, 0.4) is 0 Å². The molecular weight excluding hydrogens is 324 g/mol. The van der Waals surface area contributed by atoms with Gasteiger partial charge in [0.15, 0.2) is 0 Å². The first-order chi connectivity index (χ1) is 11.8. The van der Waals surface area contributed by atoms with Gasteiger partial charge in [0.1, 0.15) is 17.2 Å². The molecule has 7 nitrogen and oxygen atoms in total. The summed E-state index contributed by atoms with van der Waals surface area (Å²) >= 11 is 0. The Kier molecular flexibility index (Phi) is 5.28. The summed E-state index contributed by atoms with van der Waals surface area (Å²) in [6.07, 6.45) is 0. The minimum absolute atomic E-state index is 0.135. The van der Waals surface area contributed by atoms with Crippen LogP contribution in [-0.4, -0.2) is 33.8 Å². The summed E-state index contributed by atoms with van der Waals surface area (Å²) in [5.41, 5.74) is 7.30. The molecule has 2 aromatic carbocycles. The van der Waals surface area contributed by atoms with Crippen LogP contribution in [-0.2, 0) is 4.79 Å². The highest BCUT2D eigenvalue weighted by Gasteiger charge is 2.17. The number of rotatable bonds is 3. The number of aliphatic carboxylic acids is 1. The predicted molar refractivity (Wildman–Crippen MR) is 93.3 cm³/mol. The SMILES string of the molecule is CC(=O)O.COc1ccccc1-n1c(C(N)=O)cc2cc(O)ccc21. The maximum Gasteiger partial charge on any atom is 0.300 e. The Morgan fingerprint density at radius 3 is 2.36 bits per heavy atom. The topological polar surface area (TPSA) is 115 Å². The molecule has 0 saturated carbocycles. The van der Waals surface area contributed by atoms with E-state index < -0.39 is 11.9 Å². The van der Waals surface area contributed by atoms with Crippen LogP contribution < -0.4 is 10.5 Å². The number of hydrogen-bond acceptors (Lipinski definition) is 4. The van der Waals surface area contributed by atoms with Crippen LogP contribution in [0, 0.1) is 0 Å². The van der Waals surface area contributed by atoms with Gasteiger partial charge in [-0.2, -0.15) is 0 Å². The zero-order valence-electron chi connectivity index (χ0n) is 13.8. The van der Waals surface area contributed by atoms with Crippen molar-refractivity contribution >= 4 is 22.8 Å². The van der Waals surface area contributed by atoms with E-state index in [1.807, 2.05) is 24.3 Å². The molecule has 25 heavy (non-hydrogen) atoms. The molecule has 0 aliphatic heterocycles. The number of aromatic nitrogens is 1. The first-order valence-electron chi connectivity index (χ1n) is 7.32. The second-order valence-corrected chi connectivity index (χ2v) is 5.16. The van der Waals surface area contributed by atoms with Crippen molar-refractivity contribution in [3.05, 3.63) is 54.2 Å². The maximum atomic E-state index is 11.7. The fourth-order valence-electron chi connectivity index (χ4n) is 2.46. The summed E-state index contributed by atoms with van der Waals surface area (Å²) in [6, 6.07) is 13.9. The fourth-order valence-corrected chi connectivity index (χ4v) is 2.46. The fraction of sp³-hybridized carbons (Fsp3) is 0.111. The van der Waals surface area contributed by atoms with Crippen molar-refractivity contribution in [3.63, 3.8) is 0 Å². The average molecular weight is 342 g/mol. The normalized spacial score (nSPS) is 10.0. The summed E-state index contributed by atoms with van der Waals surface area (Å²) in [5, 5.41) is 17.7. The number of phenols is 1. The number of carboxylic acid groups (broad SMARTS) is 1. The number of primary amides is 1. The van der Waals surface area contributed by atoms with Gasteiger partial charge in [0.05, 0.1) is 18.3 Å². The minimum Gasteiger partial charge on any atom is -0.508 e. The molecule has 3 rings (SSSR count). The predicted octanol–water partition coefficient (Wildman–Crippen LogP) is 2.53. The number of hydrogen-bond donors (Lipinski definition) is 3. The van der Waals surface area contributed by atoms with Crippen LogP contribution in [0.1, 0.15) is 17.4 Å².